The highest BCUT2D eigenvalue weighted by atomic mass is 16.6. The lowest BCUT2D eigenvalue weighted by Crippen LogP contribution is -2.53. The number of nitrogens with one attached hydrogen (secondary N) is 1. The van der Waals surface area contributed by atoms with Crippen molar-refractivity contribution in [3.63, 3.8) is 0 Å². The number of carbonyl (C=O) groups excluding carboxylic acids is 3. The first-order chi connectivity index (χ1) is 10.5. The Morgan fingerprint density at radius 2 is 1.61 bits per heavy atom. The maximum atomic E-state index is 12.1. The number of hydrogen-bond acceptors (Lipinski definition) is 5. The number of amides is 1. The highest BCUT2D eigenvalue weighted by molar-refractivity contribution is 5.90. The Hall–Kier alpha value is -2.37. The van der Waals surface area contributed by atoms with Crippen LogP contribution in [0.15, 0.2) is 30.3 Å². The molecule has 0 aromatic heterocycles. The largest absolute Gasteiger partial charge is 0.453 e. The van der Waals surface area contributed by atoms with Crippen LogP contribution in [0, 0.1) is 0 Å². The van der Waals surface area contributed by atoms with Gasteiger partial charge in [-0.2, -0.15) is 0 Å². The van der Waals surface area contributed by atoms with Crippen molar-refractivity contribution in [3.8, 4) is 0 Å². The SMILES string of the molecule is CC(C)(C)OC(=O)N[C@H](C=O)C(C)(C)OC(=O)c1ccccc1. The molecule has 1 atom stereocenters. The Morgan fingerprint density at radius 1 is 1.04 bits per heavy atom. The van der Waals surface area contributed by atoms with Gasteiger partial charge >= 0.3 is 12.1 Å². The van der Waals surface area contributed by atoms with Crippen LogP contribution in [0.5, 0.6) is 0 Å². The molecule has 1 rings (SSSR count). The highest BCUT2D eigenvalue weighted by Crippen LogP contribution is 2.18. The molecule has 1 aromatic rings. The number of carbonyl (C=O) groups is 3. The van der Waals surface area contributed by atoms with Gasteiger partial charge in [0.25, 0.3) is 0 Å². The molecule has 6 nitrogen and oxygen atoms in total. The average Bonchev–Trinajstić information content (AvgIpc) is 2.43. The molecule has 6 heteroatoms. The third-order valence-corrected chi connectivity index (χ3v) is 2.92. The van der Waals surface area contributed by atoms with E-state index in [0.29, 0.717) is 11.8 Å². The molecule has 0 fully saturated rings. The number of benzene rings is 1. The number of alkyl carbamates (subject to hydrolysis) is 1. The van der Waals surface area contributed by atoms with Crippen LogP contribution in [0.4, 0.5) is 4.79 Å². The van der Waals surface area contributed by atoms with Crippen LogP contribution in [0.2, 0.25) is 0 Å². The molecule has 0 saturated heterocycles. The van der Waals surface area contributed by atoms with Crippen LogP contribution < -0.4 is 5.32 Å². The first kappa shape index (κ1) is 18.7. The summed E-state index contributed by atoms with van der Waals surface area (Å²) in [6.07, 6.45) is -0.235. The normalized spacial score (nSPS) is 12.9. The van der Waals surface area contributed by atoms with E-state index in [1.807, 2.05) is 0 Å². The van der Waals surface area contributed by atoms with Crippen molar-refractivity contribution < 1.29 is 23.9 Å². The minimum atomic E-state index is -1.23. The molecular formula is C17H23NO5. The minimum Gasteiger partial charge on any atom is -0.453 e. The van der Waals surface area contributed by atoms with Gasteiger partial charge in [0.2, 0.25) is 0 Å². The Bertz CT molecular complexity index is 560. The second-order valence-corrected chi connectivity index (χ2v) is 6.62. The zero-order chi connectivity index (χ0) is 17.7. The van der Waals surface area contributed by atoms with Crippen molar-refractivity contribution in [2.24, 2.45) is 0 Å². The lowest BCUT2D eigenvalue weighted by Gasteiger charge is -2.31. The van der Waals surface area contributed by atoms with Crippen LogP contribution in [-0.4, -0.2) is 35.6 Å². The van der Waals surface area contributed by atoms with Crippen LogP contribution in [-0.2, 0) is 14.3 Å². The molecular weight excluding hydrogens is 298 g/mol. The lowest BCUT2D eigenvalue weighted by atomic mass is 10.00. The fourth-order valence-electron chi connectivity index (χ4n) is 1.74. The van der Waals surface area contributed by atoms with Gasteiger partial charge in [-0.05, 0) is 46.8 Å². The van der Waals surface area contributed by atoms with Gasteiger partial charge in [0.1, 0.15) is 23.5 Å². The summed E-state index contributed by atoms with van der Waals surface area (Å²) >= 11 is 0. The minimum absolute atomic E-state index is 0.363. The van der Waals surface area contributed by atoms with Crippen LogP contribution >= 0.6 is 0 Å². The topological polar surface area (TPSA) is 81.7 Å². The van der Waals surface area contributed by atoms with Gasteiger partial charge in [-0.25, -0.2) is 9.59 Å². The van der Waals surface area contributed by atoms with Gasteiger partial charge in [0.15, 0.2) is 0 Å². The van der Waals surface area contributed by atoms with E-state index in [-0.39, 0.29) is 0 Å². The summed E-state index contributed by atoms with van der Waals surface area (Å²) in [5, 5.41) is 2.41. The zero-order valence-corrected chi connectivity index (χ0v) is 14.1. The predicted molar refractivity (Wildman–Crippen MR) is 85.2 cm³/mol. The monoisotopic (exact) mass is 321 g/mol. The smallest absolute Gasteiger partial charge is 0.408 e. The molecule has 0 spiro atoms. The van der Waals surface area contributed by atoms with E-state index in [9.17, 15) is 14.4 Å². The first-order valence-corrected chi connectivity index (χ1v) is 7.28. The van der Waals surface area contributed by atoms with E-state index in [2.05, 4.69) is 5.32 Å². The molecule has 0 saturated carbocycles. The molecule has 0 aliphatic heterocycles. The van der Waals surface area contributed by atoms with E-state index in [1.165, 1.54) is 0 Å². The van der Waals surface area contributed by atoms with E-state index >= 15 is 0 Å². The quantitative estimate of drug-likeness (QED) is 0.666. The number of rotatable bonds is 5. The molecule has 1 N–H and O–H groups in total. The lowest BCUT2D eigenvalue weighted by molar-refractivity contribution is -0.115. The van der Waals surface area contributed by atoms with E-state index in [4.69, 9.17) is 9.47 Å². The van der Waals surface area contributed by atoms with Crippen LogP contribution in [0.1, 0.15) is 45.0 Å². The summed E-state index contributed by atoms with van der Waals surface area (Å²) in [6.45, 7) is 8.23. The second kappa shape index (κ2) is 7.26. The van der Waals surface area contributed by atoms with Crippen molar-refractivity contribution in [2.45, 2.75) is 51.9 Å². The van der Waals surface area contributed by atoms with Gasteiger partial charge in [-0.1, -0.05) is 18.2 Å². The maximum absolute atomic E-state index is 12.1. The van der Waals surface area contributed by atoms with Gasteiger partial charge < -0.3 is 19.6 Å². The van der Waals surface area contributed by atoms with Crippen molar-refractivity contribution in [3.05, 3.63) is 35.9 Å². The summed E-state index contributed by atoms with van der Waals surface area (Å²) in [6, 6.07) is 7.37. The Labute approximate surface area is 136 Å². The molecule has 0 heterocycles. The highest BCUT2D eigenvalue weighted by Gasteiger charge is 2.36. The summed E-state index contributed by atoms with van der Waals surface area (Å²) in [5.74, 6) is -0.576. The summed E-state index contributed by atoms with van der Waals surface area (Å²) < 4.78 is 10.5. The van der Waals surface area contributed by atoms with Crippen molar-refractivity contribution in [1.82, 2.24) is 5.32 Å². The van der Waals surface area contributed by atoms with E-state index < -0.39 is 29.3 Å². The van der Waals surface area contributed by atoms with Gasteiger partial charge in [0, 0.05) is 0 Å². The Morgan fingerprint density at radius 3 is 2.09 bits per heavy atom. The molecule has 0 aliphatic rings. The van der Waals surface area contributed by atoms with Gasteiger partial charge in [0.05, 0.1) is 5.56 Å². The molecule has 0 aliphatic carbocycles. The van der Waals surface area contributed by atoms with Crippen molar-refractivity contribution >= 4 is 18.3 Å². The number of hydrogen-bond donors (Lipinski definition) is 1. The Kier molecular flexibility index (Phi) is 5.90. The first-order valence-electron chi connectivity index (χ1n) is 7.28. The molecule has 1 amide bonds. The van der Waals surface area contributed by atoms with Crippen molar-refractivity contribution in [1.29, 1.82) is 0 Å². The average molecular weight is 321 g/mol. The molecule has 0 radical (unpaired) electrons. The van der Waals surface area contributed by atoms with Crippen LogP contribution in [0.25, 0.3) is 0 Å². The van der Waals surface area contributed by atoms with E-state index in [0.717, 1.165) is 0 Å². The fraction of sp³-hybridized carbons (Fsp3) is 0.471. The van der Waals surface area contributed by atoms with Gasteiger partial charge in [-0.3, -0.25) is 0 Å². The van der Waals surface area contributed by atoms with Crippen molar-refractivity contribution in [2.75, 3.05) is 0 Å². The van der Waals surface area contributed by atoms with Crippen LogP contribution in [0.3, 0.4) is 0 Å². The van der Waals surface area contributed by atoms with Gasteiger partial charge in [-0.15, -0.1) is 0 Å². The summed E-state index contributed by atoms with van der Waals surface area (Å²) in [4.78, 5) is 35.2. The fourth-order valence-corrected chi connectivity index (χ4v) is 1.74. The Balaban J connectivity index is 2.77. The maximum Gasteiger partial charge on any atom is 0.408 e. The predicted octanol–water partition coefficient (Wildman–Crippen LogP) is 2.71. The van der Waals surface area contributed by atoms with E-state index in [1.54, 1.807) is 65.0 Å². The number of aldehydes is 1. The number of esters is 1. The molecule has 0 unspecified atom stereocenters. The molecule has 1 aromatic carbocycles. The standard InChI is InChI=1S/C17H23NO5/c1-16(2,3)23-15(21)18-13(11-19)17(4,5)22-14(20)12-9-7-6-8-10-12/h6-11,13H,1-5H3,(H,18,21)/t13-/m1/s1. The zero-order valence-electron chi connectivity index (χ0n) is 14.1. The second-order valence-electron chi connectivity index (χ2n) is 6.62. The third kappa shape index (κ3) is 6.10. The molecule has 0 bridgehead atoms. The summed E-state index contributed by atoms with van der Waals surface area (Å²) in [5.41, 5.74) is -1.56. The number of ether oxygens (including phenoxy) is 2. The molecule has 23 heavy (non-hydrogen) atoms. The molecule has 126 valence electrons. The summed E-state index contributed by atoms with van der Waals surface area (Å²) in [7, 11) is 0. The third-order valence-electron chi connectivity index (χ3n) is 2.92.